The van der Waals surface area contributed by atoms with Gasteiger partial charge in [0.25, 0.3) is 0 Å². The molecule has 74 valence electrons. The summed E-state index contributed by atoms with van der Waals surface area (Å²) in [4.78, 5) is 4.47. The van der Waals surface area contributed by atoms with E-state index in [1.54, 1.807) is 0 Å². The molecule has 2 aliphatic heterocycles. The summed E-state index contributed by atoms with van der Waals surface area (Å²) in [6.45, 7) is 6.78. The van der Waals surface area contributed by atoms with Gasteiger partial charge in [0.15, 0.2) is 0 Å². The van der Waals surface area contributed by atoms with Crippen molar-refractivity contribution in [3.8, 4) is 0 Å². The van der Waals surface area contributed by atoms with E-state index in [2.05, 4.69) is 31.2 Å². The lowest BCUT2D eigenvalue weighted by molar-refractivity contribution is -0.0221. The molecule has 2 bridgehead atoms. The van der Waals surface area contributed by atoms with E-state index in [0.717, 1.165) is 12.3 Å². The van der Waals surface area contributed by atoms with Crippen LogP contribution in [0.5, 0.6) is 0 Å². The molecule has 13 heavy (non-hydrogen) atoms. The van der Waals surface area contributed by atoms with Gasteiger partial charge in [-0.3, -0.25) is 15.7 Å². The highest BCUT2D eigenvalue weighted by molar-refractivity contribution is 5.82. The van der Waals surface area contributed by atoms with Crippen molar-refractivity contribution in [3.05, 3.63) is 0 Å². The molecule has 1 fully saturated rings. The summed E-state index contributed by atoms with van der Waals surface area (Å²) >= 11 is 0. The van der Waals surface area contributed by atoms with Crippen molar-refractivity contribution in [1.82, 2.24) is 5.48 Å². The van der Waals surface area contributed by atoms with Crippen molar-refractivity contribution < 1.29 is 5.21 Å². The van der Waals surface area contributed by atoms with Gasteiger partial charge in [-0.1, -0.05) is 13.8 Å². The smallest absolute Gasteiger partial charge is 0.121 e. The van der Waals surface area contributed by atoms with Gasteiger partial charge in [0, 0.05) is 6.42 Å². The molecule has 0 amide bonds. The molecule has 0 spiro atoms. The Balaban J connectivity index is 2.22. The molecule has 0 aromatic carbocycles. The maximum atomic E-state index is 8.86. The first-order valence-corrected chi connectivity index (χ1v) is 5.02. The fourth-order valence-corrected chi connectivity index (χ4v) is 2.92. The van der Waals surface area contributed by atoms with Gasteiger partial charge in [0.2, 0.25) is 0 Å². The molecule has 2 heterocycles. The van der Waals surface area contributed by atoms with Gasteiger partial charge < -0.3 is 0 Å². The van der Waals surface area contributed by atoms with Crippen LogP contribution in [-0.4, -0.2) is 17.1 Å². The van der Waals surface area contributed by atoms with Gasteiger partial charge in [0.05, 0.1) is 6.04 Å². The normalized spacial score (nSPS) is 41.5. The molecular formula is C10H18N2O. The van der Waals surface area contributed by atoms with E-state index < -0.39 is 0 Å². The van der Waals surface area contributed by atoms with Gasteiger partial charge in [-0.25, -0.2) is 0 Å². The van der Waals surface area contributed by atoms with E-state index in [4.69, 9.17) is 5.21 Å². The number of amidine groups is 1. The maximum Gasteiger partial charge on any atom is 0.121 e. The highest BCUT2D eigenvalue weighted by atomic mass is 16.5. The zero-order valence-corrected chi connectivity index (χ0v) is 8.54. The third-order valence-electron chi connectivity index (χ3n) is 4.06. The van der Waals surface area contributed by atoms with Gasteiger partial charge in [-0.15, -0.1) is 0 Å². The lowest BCUT2D eigenvalue weighted by Gasteiger charge is -2.52. The second kappa shape index (κ2) is 2.71. The number of fused-ring (bicyclic) bond motifs is 2. The molecule has 3 atom stereocenters. The third kappa shape index (κ3) is 1.17. The van der Waals surface area contributed by atoms with Gasteiger partial charge in [-0.2, -0.15) is 0 Å². The largest absolute Gasteiger partial charge is 0.290 e. The van der Waals surface area contributed by atoms with Crippen molar-refractivity contribution in [2.24, 2.45) is 22.2 Å². The van der Waals surface area contributed by atoms with Crippen LogP contribution in [0, 0.1) is 17.3 Å². The lowest BCUT2D eigenvalue weighted by Crippen LogP contribution is -2.48. The molecular weight excluding hydrogens is 164 g/mol. The summed E-state index contributed by atoms with van der Waals surface area (Å²) in [6.07, 6.45) is 2.17. The van der Waals surface area contributed by atoms with Crippen LogP contribution in [0.25, 0.3) is 0 Å². The van der Waals surface area contributed by atoms with Crippen LogP contribution in [0.1, 0.15) is 33.6 Å². The Kier molecular flexibility index (Phi) is 1.88. The van der Waals surface area contributed by atoms with Gasteiger partial charge in [-0.05, 0) is 30.6 Å². The monoisotopic (exact) mass is 182 g/mol. The Morgan fingerprint density at radius 3 is 2.77 bits per heavy atom. The zero-order valence-electron chi connectivity index (χ0n) is 8.54. The Bertz CT molecular complexity index is 247. The maximum absolute atomic E-state index is 8.86. The Morgan fingerprint density at radius 2 is 2.23 bits per heavy atom. The molecule has 3 aliphatic rings. The third-order valence-corrected chi connectivity index (χ3v) is 4.06. The predicted molar refractivity (Wildman–Crippen MR) is 51.8 cm³/mol. The molecule has 0 saturated heterocycles. The molecule has 2 N–H and O–H groups in total. The second-order valence-corrected chi connectivity index (χ2v) is 4.99. The van der Waals surface area contributed by atoms with E-state index in [9.17, 15) is 0 Å². The van der Waals surface area contributed by atoms with Crippen LogP contribution in [-0.2, 0) is 0 Å². The van der Waals surface area contributed by atoms with Crippen LogP contribution in [0.2, 0.25) is 0 Å². The van der Waals surface area contributed by atoms with Crippen molar-refractivity contribution in [3.63, 3.8) is 0 Å². The quantitative estimate of drug-likeness (QED) is 0.561. The fourth-order valence-electron chi connectivity index (χ4n) is 2.92. The van der Waals surface area contributed by atoms with Crippen LogP contribution >= 0.6 is 0 Å². The predicted octanol–water partition coefficient (Wildman–Crippen LogP) is 1.82. The number of hydrogen-bond donors (Lipinski definition) is 2. The Hall–Kier alpha value is -0.570. The molecule has 0 aromatic heterocycles. The van der Waals surface area contributed by atoms with Gasteiger partial charge >= 0.3 is 0 Å². The fraction of sp³-hybridized carbons (Fsp3) is 0.900. The average Bonchev–Trinajstić information content (AvgIpc) is 2.30. The summed E-state index contributed by atoms with van der Waals surface area (Å²) in [5, 5.41) is 8.86. The summed E-state index contributed by atoms with van der Waals surface area (Å²) < 4.78 is 0. The number of hydrogen-bond acceptors (Lipinski definition) is 3. The molecule has 3 rings (SSSR count). The molecule has 3 heteroatoms. The van der Waals surface area contributed by atoms with E-state index >= 15 is 0 Å². The molecule has 0 aromatic rings. The molecule has 0 unspecified atom stereocenters. The zero-order chi connectivity index (χ0) is 9.64. The number of rotatable bonds is 0. The Labute approximate surface area is 79.2 Å². The minimum absolute atomic E-state index is 0.350. The number of nitrogens with zero attached hydrogens (tertiary/aromatic N) is 1. The van der Waals surface area contributed by atoms with E-state index in [0.29, 0.717) is 23.3 Å². The van der Waals surface area contributed by atoms with Crippen molar-refractivity contribution in [2.45, 2.75) is 39.7 Å². The average molecular weight is 182 g/mol. The standard InChI is InChI=1S/C10H18N2O/c1-6-8-4-7(10(8,2)3)5-9(11-6)12-13/h6-8,13H,4-5H2,1-3H3,(H,11,12)/t6-,7+,8-/m1/s1. The number of aliphatic imine (C=N–C) groups is 1. The van der Waals surface area contributed by atoms with E-state index in [-0.39, 0.29) is 0 Å². The van der Waals surface area contributed by atoms with Crippen molar-refractivity contribution in [2.75, 3.05) is 0 Å². The second-order valence-electron chi connectivity index (χ2n) is 4.99. The molecule has 1 saturated carbocycles. The highest BCUT2D eigenvalue weighted by Crippen LogP contribution is 2.56. The first-order chi connectivity index (χ1) is 6.05. The SMILES string of the molecule is C[C@H]1N=C(NO)C[C@@H]2C[C@H]1C2(C)C. The molecule has 1 aliphatic carbocycles. The number of hydroxylamine groups is 1. The summed E-state index contributed by atoms with van der Waals surface area (Å²) in [5.41, 5.74) is 2.62. The number of nitrogens with one attached hydrogen (secondary N) is 1. The van der Waals surface area contributed by atoms with Crippen molar-refractivity contribution in [1.29, 1.82) is 0 Å². The first kappa shape index (κ1) is 9.00. The molecule has 0 radical (unpaired) electrons. The van der Waals surface area contributed by atoms with Crippen molar-refractivity contribution >= 4 is 5.84 Å². The lowest BCUT2D eigenvalue weighted by atomic mass is 9.52. The van der Waals surface area contributed by atoms with Gasteiger partial charge in [0.1, 0.15) is 5.84 Å². The topological polar surface area (TPSA) is 44.6 Å². The summed E-state index contributed by atoms with van der Waals surface area (Å²) in [6, 6.07) is 0.350. The minimum Gasteiger partial charge on any atom is -0.290 e. The van der Waals surface area contributed by atoms with Crippen LogP contribution < -0.4 is 5.48 Å². The van der Waals surface area contributed by atoms with Crippen LogP contribution in [0.3, 0.4) is 0 Å². The first-order valence-electron chi connectivity index (χ1n) is 5.02. The summed E-state index contributed by atoms with van der Waals surface area (Å²) in [5.74, 6) is 2.16. The Morgan fingerprint density at radius 1 is 1.54 bits per heavy atom. The van der Waals surface area contributed by atoms with E-state index in [1.165, 1.54) is 6.42 Å². The van der Waals surface area contributed by atoms with Crippen LogP contribution in [0.15, 0.2) is 4.99 Å². The highest BCUT2D eigenvalue weighted by Gasteiger charge is 2.51. The summed E-state index contributed by atoms with van der Waals surface area (Å²) in [7, 11) is 0. The van der Waals surface area contributed by atoms with E-state index in [1.807, 2.05) is 0 Å². The minimum atomic E-state index is 0.350. The van der Waals surface area contributed by atoms with Crippen LogP contribution in [0.4, 0.5) is 0 Å². The molecule has 3 nitrogen and oxygen atoms in total.